The molecule has 1 fully saturated rings. The summed E-state index contributed by atoms with van der Waals surface area (Å²) in [6.45, 7) is 8.32. The number of carbonyl (C=O) groups excluding carboxylic acids is 1. The highest BCUT2D eigenvalue weighted by Gasteiger charge is 2.34. The standard InChI is InChI=1S/C17H26N2OS/c1-14(2)5-4-8-17(3)9-6-16(20)19(12-17)10-7-15-11-21-13-18-15/h5,11,13H,4,6-10,12H2,1-3H3/t17-/m1/s1. The molecule has 4 heteroatoms. The van der Waals surface area contributed by atoms with E-state index in [9.17, 15) is 4.79 Å². The van der Waals surface area contributed by atoms with Crippen molar-refractivity contribution < 1.29 is 4.79 Å². The Morgan fingerprint density at radius 3 is 3.00 bits per heavy atom. The van der Waals surface area contributed by atoms with Crippen LogP contribution in [0.5, 0.6) is 0 Å². The van der Waals surface area contributed by atoms with Crippen molar-refractivity contribution in [1.82, 2.24) is 9.88 Å². The highest BCUT2D eigenvalue weighted by molar-refractivity contribution is 7.07. The van der Waals surface area contributed by atoms with Gasteiger partial charge in [0.15, 0.2) is 0 Å². The number of hydrogen-bond acceptors (Lipinski definition) is 3. The van der Waals surface area contributed by atoms with Crippen LogP contribution in [-0.4, -0.2) is 28.9 Å². The first-order valence-electron chi connectivity index (χ1n) is 7.77. The first-order valence-corrected chi connectivity index (χ1v) is 8.71. The van der Waals surface area contributed by atoms with E-state index in [1.165, 1.54) is 12.0 Å². The smallest absolute Gasteiger partial charge is 0.222 e. The molecule has 0 radical (unpaired) electrons. The molecule has 0 aliphatic carbocycles. The zero-order chi connectivity index (χ0) is 15.3. The molecule has 0 unspecified atom stereocenters. The Morgan fingerprint density at radius 2 is 2.33 bits per heavy atom. The van der Waals surface area contributed by atoms with Crippen LogP contribution in [0.4, 0.5) is 0 Å². The minimum Gasteiger partial charge on any atom is -0.342 e. The number of thiazole rings is 1. The fourth-order valence-electron chi connectivity index (χ4n) is 2.92. The van der Waals surface area contributed by atoms with Crippen LogP contribution in [0, 0.1) is 5.41 Å². The van der Waals surface area contributed by atoms with Gasteiger partial charge in [-0.05, 0) is 38.5 Å². The number of hydrogen-bond donors (Lipinski definition) is 0. The Balaban J connectivity index is 1.88. The Hall–Kier alpha value is -1.16. The number of carbonyl (C=O) groups is 1. The van der Waals surface area contributed by atoms with E-state index in [1.54, 1.807) is 11.3 Å². The molecule has 0 bridgehead atoms. The molecular weight excluding hydrogens is 280 g/mol. The third kappa shape index (κ3) is 4.95. The zero-order valence-electron chi connectivity index (χ0n) is 13.4. The maximum atomic E-state index is 12.1. The fourth-order valence-corrected chi connectivity index (χ4v) is 3.52. The molecule has 21 heavy (non-hydrogen) atoms. The van der Waals surface area contributed by atoms with Crippen LogP contribution in [0.1, 0.15) is 52.1 Å². The van der Waals surface area contributed by atoms with Gasteiger partial charge in [0, 0.05) is 31.3 Å². The van der Waals surface area contributed by atoms with E-state index in [-0.39, 0.29) is 5.41 Å². The SMILES string of the molecule is CC(C)=CCC[C@]1(C)CCC(=O)N(CCc2cscn2)C1. The molecule has 1 amide bonds. The zero-order valence-corrected chi connectivity index (χ0v) is 14.2. The maximum absolute atomic E-state index is 12.1. The predicted molar refractivity (Wildman–Crippen MR) is 88.4 cm³/mol. The van der Waals surface area contributed by atoms with E-state index in [0.29, 0.717) is 12.3 Å². The molecule has 3 nitrogen and oxygen atoms in total. The number of nitrogens with zero attached hydrogens (tertiary/aromatic N) is 2. The number of allylic oxidation sites excluding steroid dienone is 2. The van der Waals surface area contributed by atoms with Gasteiger partial charge in [0.25, 0.3) is 0 Å². The summed E-state index contributed by atoms with van der Waals surface area (Å²) in [4.78, 5) is 18.5. The normalized spacial score (nSPS) is 22.4. The quantitative estimate of drug-likeness (QED) is 0.743. The van der Waals surface area contributed by atoms with E-state index in [0.717, 1.165) is 38.0 Å². The second-order valence-corrected chi connectivity index (χ2v) is 7.39. The number of likely N-dealkylation sites (tertiary alicyclic amines) is 1. The topological polar surface area (TPSA) is 33.2 Å². The monoisotopic (exact) mass is 306 g/mol. The second kappa shape index (κ2) is 7.21. The van der Waals surface area contributed by atoms with Crippen molar-refractivity contribution in [2.75, 3.05) is 13.1 Å². The minimum absolute atomic E-state index is 0.266. The Bertz CT molecular complexity index is 491. The molecular formula is C17H26N2OS. The summed E-state index contributed by atoms with van der Waals surface area (Å²) in [7, 11) is 0. The molecule has 116 valence electrons. The van der Waals surface area contributed by atoms with Crippen LogP contribution in [0.15, 0.2) is 22.5 Å². The lowest BCUT2D eigenvalue weighted by Crippen LogP contribution is -2.46. The summed E-state index contributed by atoms with van der Waals surface area (Å²) in [5.74, 6) is 0.310. The van der Waals surface area contributed by atoms with E-state index >= 15 is 0 Å². The highest BCUT2D eigenvalue weighted by Crippen LogP contribution is 2.34. The van der Waals surface area contributed by atoms with E-state index < -0.39 is 0 Å². The lowest BCUT2D eigenvalue weighted by Gasteiger charge is -2.40. The molecule has 1 aliphatic rings. The molecule has 1 aromatic rings. The molecule has 0 aromatic carbocycles. The first-order chi connectivity index (χ1) is 9.98. The second-order valence-electron chi connectivity index (χ2n) is 6.68. The van der Waals surface area contributed by atoms with E-state index in [1.807, 2.05) is 10.4 Å². The Morgan fingerprint density at radius 1 is 1.52 bits per heavy atom. The lowest BCUT2D eigenvalue weighted by atomic mass is 9.77. The summed E-state index contributed by atoms with van der Waals surface area (Å²) in [6.07, 6.45) is 7.18. The molecule has 1 saturated heterocycles. The molecule has 0 N–H and O–H groups in total. The van der Waals surface area contributed by atoms with Crippen molar-refractivity contribution in [3.63, 3.8) is 0 Å². The summed E-state index contributed by atoms with van der Waals surface area (Å²) in [5, 5.41) is 2.07. The molecule has 0 saturated carbocycles. The highest BCUT2D eigenvalue weighted by atomic mass is 32.1. The molecule has 1 atom stereocenters. The molecule has 2 heterocycles. The van der Waals surface area contributed by atoms with Gasteiger partial charge >= 0.3 is 0 Å². The summed E-state index contributed by atoms with van der Waals surface area (Å²) in [6, 6.07) is 0. The molecule has 1 aromatic heterocycles. The number of amides is 1. The Kier molecular flexibility index (Phi) is 5.57. The third-order valence-corrected chi connectivity index (χ3v) is 4.92. The van der Waals surface area contributed by atoms with Gasteiger partial charge in [0.2, 0.25) is 5.91 Å². The van der Waals surface area contributed by atoms with Crippen LogP contribution in [-0.2, 0) is 11.2 Å². The minimum atomic E-state index is 0.266. The van der Waals surface area contributed by atoms with Crippen LogP contribution in [0.3, 0.4) is 0 Å². The van der Waals surface area contributed by atoms with Gasteiger partial charge in [-0.3, -0.25) is 4.79 Å². The van der Waals surface area contributed by atoms with Crippen LogP contribution in [0.2, 0.25) is 0 Å². The molecule has 1 aliphatic heterocycles. The average Bonchev–Trinajstić information content (AvgIpc) is 2.93. The van der Waals surface area contributed by atoms with Crippen molar-refractivity contribution in [2.24, 2.45) is 5.41 Å². The number of piperidine rings is 1. The van der Waals surface area contributed by atoms with Gasteiger partial charge in [-0.2, -0.15) is 0 Å². The van der Waals surface area contributed by atoms with Crippen molar-refractivity contribution in [2.45, 2.75) is 52.9 Å². The Labute approximate surface area is 132 Å². The predicted octanol–water partition coefficient (Wildman–Crippen LogP) is 4.06. The molecule has 0 spiro atoms. The van der Waals surface area contributed by atoms with E-state index in [4.69, 9.17) is 0 Å². The van der Waals surface area contributed by atoms with Gasteiger partial charge in [0.05, 0.1) is 11.2 Å². The van der Waals surface area contributed by atoms with Gasteiger partial charge in [-0.1, -0.05) is 18.6 Å². The van der Waals surface area contributed by atoms with Gasteiger partial charge in [-0.25, -0.2) is 4.98 Å². The van der Waals surface area contributed by atoms with Gasteiger partial charge in [-0.15, -0.1) is 11.3 Å². The van der Waals surface area contributed by atoms with Crippen LogP contribution in [0.25, 0.3) is 0 Å². The van der Waals surface area contributed by atoms with Gasteiger partial charge in [0.1, 0.15) is 0 Å². The summed E-state index contributed by atoms with van der Waals surface area (Å²) < 4.78 is 0. The third-order valence-electron chi connectivity index (χ3n) is 4.29. The van der Waals surface area contributed by atoms with Crippen molar-refractivity contribution in [1.29, 1.82) is 0 Å². The van der Waals surface area contributed by atoms with Crippen LogP contribution < -0.4 is 0 Å². The van der Waals surface area contributed by atoms with Crippen LogP contribution >= 0.6 is 11.3 Å². The number of rotatable bonds is 6. The molecule has 2 rings (SSSR count). The van der Waals surface area contributed by atoms with Crippen molar-refractivity contribution >= 4 is 17.2 Å². The summed E-state index contributed by atoms with van der Waals surface area (Å²) >= 11 is 1.62. The largest absolute Gasteiger partial charge is 0.342 e. The van der Waals surface area contributed by atoms with E-state index in [2.05, 4.69) is 37.2 Å². The lowest BCUT2D eigenvalue weighted by molar-refractivity contribution is -0.137. The first kappa shape index (κ1) is 16.2. The maximum Gasteiger partial charge on any atom is 0.222 e. The van der Waals surface area contributed by atoms with Gasteiger partial charge < -0.3 is 4.90 Å². The number of aromatic nitrogens is 1. The summed E-state index contributed by atoms with van der Waals surface area (Å²) in [5.41, 5.74) is 4.61. The van der Waals surface area contributed by atoms with Crippen molar-refractivity contribution in [3.05, 3.63) is 28.2 Å². The fraction of sp³-hybridized carbons (Fsp3) is 0.647. The van der Waals surface area contributed by atoms with Crippen molar-refractivity contribution in [3.8, 4) is 0 Å². The average molecular weight is 306 g/mol.